The molecule has 0 radical (unpaired) electrons. The molecule has 21 heavy (non-hydrogen) atoms. The first-order chi connectivity index (χ1) is 10.3. The third-order valence-electron chi connectivity index (χ3n) is 4.02. The fourth-order valence-electron chi connectivity index (χ4n) is 3.04. The van der Waals surface area contributed by atoms with E-state index in [0.717, 1.165) is 26.0 Å². The van der Waals surface area contributed by atoms with Crippen LogP contribution in [0.25, 0.3) is 10.8 Å². The van der Waals surface area contributed by atoms with E-state index in [2.05, 4.69) is 68.6 Å². The first-order valence-corrected chi connectivity index (χ1v) is 8.11. The fourth-order valence-corrected chi connectivity index (χ4v) is 3.04. The highest BCUT2D eigenvalue weighted by molar-refractivity contribution is 5.85. The second-order valence-electron chi connectivity index (χ2n) is 5.41. The highest BCUT2D eigenvalue weighted by Gasteiger charge is 2.20. The van der Waals surface area contributed by atoms with Crippen molar-refractivity contribution in [1.82, 2.24) is 5.32 Å². The van der Waals surface area contributed by atoms with E-state index in [1.165, 1.54) is 16.3 Å². The molecule has 2 unspecified atom stereocenters. The van der Waals surface area contributed by atoms with E-state index < -0.39 is 0 Å². The van der Waals surface area contributed by atoms with Crippen LogP contribution in [0, 0.1) is 0 Å². The maximum atomic E-state index is 5.93. The topological polar surface area (TPSA) is 21.3 Å². The third-order valence-corrected chi connectivity index (χ3v) is 4.02. The van der Waals surface area contributed by atoms with Crippen molar-refractivity contribution in [1.29, 1.82) is 0 Å². The van der Waals surface area contributed by atoms with Crippen molar-refractivity contribution in [2.45, 2.75) is 45.8 Å². The van der Waals surface area contributed by atoms with Gasteiger partial charge in [0.2, 0.25) is 0 Å². The van der Waals surface area contributed by atoms with Crippen LogP contribution in [0.5, 0.6) is 0 Å². The van der Waals surface area contributed by atoms with Gasteiger partial charge in [0.05, 0.1) is 6.10 Å². The summed E-state index contributed by atoms with van der Waals surface area (Å²) < 4.78 is 5.93. The van der Waals surface area contributed by atoms with E-state index in [9.17, 15) is 0 Å². The predicted molar refractivity (Wildman–Crippen MR) is 90.8 cm³/mol. The van der Waals surface area contributed by atoms with Crippen LogP contribution in [-0.2, 0) is 11.2 Å². The molecule has 114 valence electrons. The van der Waals surface area contributed by atoms with Crippen molar-refractivity contribution >= 4 is 10.8 Å². The molecular weight excluding hydrogens is 258 g/mol. The van der Waals surface area contributed by atoms with Gasteiger partial charge in [0.1, 0.15) is 0 Å². The number of likely N-dealkylation sites (N-methyl/N-ethyl adjacent to an activating group) is 1. The molecule has 0 aliphatic carbocycles. The van der Waals surface area contributed by atoms with E-state index in [-0.39, 0.29) is 6.10 Å². The Labute approximate surface area is 128 Å². The average Bonchev–Trinajstić information content (AvgIpc) is 2.52. The van der Waals surface area contributed by atoms with Gasteiger partial charge in [-0.2, -0.15) is 0 Å². The quantitative estimate of drug-likeness (QED) is 0.786. The lowest BCUT2D eigenvalue weighted by molar-refractivity contribution is 0.0324. The van der Waals surface area contributed by atoms with Gasteiger partial charge in [0.25, 0.3) is 0 Å². The van der Waals surface area contributed by atoms with Crippen LogP contribution < -0.4 is 5.32 Å². The van der Waals surface area contributed by atoms with Crippen LogP contribution in [0.3, 0.4) is 0 Å². The third kappa shape index (κ3) is 4.05. The van der Waals surface area contributed by atoms with Gasteiger partial charge >= 0.3 is 0 Å². The highest BCUT2D eigenvalue weighted by Crippen LogP contribution is 2.21. The molecule has 2 aromatic rings. The molecule has 0 fully saturated rings. The number of benzene rings is 2. The van der Waals surface area contributed by atoms with Gasteiger partial charge in [-0.1, -0.05) is 56.3 Å². The van der Waals surface area contributed by atoms with E-state index in [4.69, 9.17) is 4.74 Å². The van der Waals surface area contributed by atoms with E-state index in [1.54, 1.807) is 0 Å². The fraction of sp³-hybridized carbons (Fsp3) is 0.474. The zero-order chi connectivity index (χ0) is 15.1. The summed E-state index contributed by atoms with van der Waals surface area (Å²) >= 11 is 0. The summed E-state index contributed by atoms with van der Waals surface area (Å²) in [5.41, 5.74) is 1.40. The Bertz CT molecular complexity index is 547. The number of hydrogen-bond donors (Lipinski definition) is 1. The number of nitrogens with one attached hydrogen (secondary N) is 1. The van der Waals surface area contributed by atoms with Crippen LogP contribution >= 0.6 is 0 Å². The predicted octanol–water partition coefficient (Wildman–Crippen LogP) is 4.18. The lowest BCUT2D eigenvalue weighted by Gasteiger charge is -2.27. The van der Waals surface area contributed by atoms with Gasteiger partial charge in [-0.05, 0) is 42.6 Å². The summed E-state index contributed by atoms with van der Waals surface area (Å²) in [5.74, 6) is 0. The van der Waals surface area contributed by atoms with Gasteiger partial charge in [-0.15, -0.1) is 0 Å². The summed E-state index contributed by atoms with van der Waals surface area (Å²) in [5, 5.41) is 6.28. The van der Waals surface area contributed by atoms with Crippen molar-refractivity contribution in [2.24, 2.45) is 0 Å². The molecule has 0 heterocycles. The summed E-state index contributed by atoms with van der Waals surface area (Å²) in [6.07, 6.45) is 2.32. The Kier molecular flexibility index (Phi) is 6.21. The van der Waals surface area contributed by atoms with Crippen LogP contribution in [-0.4, -0.2) is 25.3 Å². The Morgan fingerprint density at radius 2 is 1.76 bits per heavy atom. The van der Waals surface area contributed by atoms with Crippen molar-refractivity contribution in [3.8, 4) is 0 Å². The van der Waals surface area contributed by atoms with Gasteiger partial charge in [-0.25, -0.2) is 0 Å². The first-order valence-electron chi connectivity index (χ1n) is 8.11. The summed E-state index contributed by atoms with van der Waals surface area (Å²) in [6.45, 7) is 8.18. The minimum absolute atomic E-state index is 0.272. The Hall–Kier alpha value is -1.38. The van der Waals surface area contributed by atoms with E-state index in [0.29, 0.717) is 6.04 Å². The van der Waals surface area contributed by atoms with Crippen molar-refractivity contribution in [3.63, 3.8) is 0 Å². The number of hydrogen-bond acceptors (Lipinski definition) is 2. The minimum Gasteiger partial charge on any atom is -0.377 e. The maximum absolute atomic E-state index is 5.93. The van der Waals surface area contributed by atoms with Crippen LogP contribution in [0.2, 0.25) is 0 Å². The lowest BCUT2D eigenvalue weighted by atomic mass is 9.95. The molecule has 0 aliphatic heterocycles. The largest absolute Gasteiger partial charge is 0.377 e. The SMILES string of the molecule is CCNC(Cc1cccc2ccccc12)C(CC)OCC. The first kappa shape index (κ1) is 16.0. The molecule has 0 saturated heterocycles. The van der Waals surface area contributed by atoms with Crippen LogP contribution in [0.1, 0.15) is 32.8 Å². The molecule has 0 amide bonds. The molecule has 0 aromatic heterocycles. The number of ether oxygens (including phenoxy) is 1. The molecule has 2 heteroatoms. The van der Waals surface area contributed by atoms with Crippen molar-refractivity contribution < 1.29 is 4.74 Å². The average molecular weight is 285 g/mol. The Balaban J connectivity index is 2.25. The van der Waals surface area contributed by atoms with Crippen LogP contribution in [0.15, 0.2) is 42.5 Å². The Morgan fingerprint density at radius 1 is 1.00 bits per heavy atom. The van der Waals surface area contributed by atoms with E-state index >= 15 is 0 Å². The molecule has 1 N–H and O–H groups in total. The standard InChI is InChI=1S/C19H27NO/c1-4-19(21-6-3)18(20-5-2)14-16-12-9-11-15-10-7-8-13-17(15)16/h7-13,18-20H,4-6,14H2,1-3H3. The normalized spacial score (nSPS) is 14.2. The molecule has 0 aliphatic rings. The van der Waals surface area contributed by atoms with Gasteiger partial charge < -0.3 is 10.1 Å². The van der Waals surface area contributed by atoms with Crippen molar-refractivity contribution in [2.75, 3.05) is 13.2 Å². The maximum Gasteiger partial charge on any atom is 0.0728 e. The molecule has 2 atom stereocenters. The number of rotatable bonds is 8. The smallest absolute Gasteiger partial charge is 0.0728 e. The van der Waals surface area contributed by atoms with Gasteiger partial charge in [0, 0.05) is 12.6 Å². The molecule has 2 nitrogen and oxygen atoms in total. The second kappa shape index (κ2) is 8.16. The second-order valence-corrected chi connectivity index (χ2v) is 5.41. The van der Waals surface area contributed by atoms with Crippen molar-refractivity contribution in [3.05, 3.63) is 48.0 Å². The summed E-state index contributed by atoms with van der Waals surface area (Å²) in [7, 11) is 0. The molecule has 2 rings (SSSR count). The summed E-state index contributed by atoms with van der Waals surface area (Å²) in [6, 6.07) is 15.6. The number of fused-ring (bicyclic) bond motifs is 1. The highest BCUT2D eigenvalue weighted by atomic mass is 16.5. The van der Waals surface area contributed by atoms with Gasteiger partial charge in [0.15, 0.2) is 0 Å². The van der Waals surface area contributed by atoms with E-state index in [1.807, 2.05) is 0 Å². The minimum atomic E-state index is 0.272. The zero-order valence-corrected chi connectivity index (χ0v) is 13.4. The molecule has 0 spiro atoms. The van der Waals surface area contributed by atoms with Crippen LogP contribution in [0.4, 0.5) is 0 Å². The molecule has 0 saturated carbocycles. The monoisotopic (exact) mass is 285 g/mol. The molecular formula is C19H27NO. The molecule has 2 aromatic carbocycles. The Morgan fingerprint density at radius 3 is 2.48 bits per heavy atom. The lowest BCUT2D eigenvalue weighted by Crippen LogP contribution is -2.42. The molecule has 0 bridgehead atoms. The summed E-state index contributed by atoms with van der Waals surface area (Å²) in [4.78, 5) is 0. The zero-order valence-electron chi connectivity index (χ0n) is 13.4. The van der Waals surface area contributed by atoms with Gasteiger partial charge in [-0.3, -0.25) is 0 Å².